The van der Waals surface area contributed by atoms with E-state index in [0.717, 1.165) is 154 Å². The van der Waals surface area contributed by atoms with E-state index < -0.39 is 0 Å². The Kier molecular flexibility index (Phi) is 41.3. The topological polar surface area (TPSA) is 217 Å². The van der Waals surface area contributed by atoms with Crippen molar-refractivity contribution in [3.05, 3.63) is 0 Å². The number of anilines is 4. The molecule has 4 aliphatic heterocycles. The lowest BCUT2D eigenvalue weighted by Crippen LogP contribution is -2.64. The summed E-state index contributed by atoms with van der Waals surface area (Å²) in [5, 5.41) is 16.4. The maximum Gasteiger partial charge on any atom is 0.267 e. The first kappa shape index (κ1) is 96.5. The summed E-state index contributed by atoms with van der Waals surface area (Å²) in [7, 11) is 0. The number of hydrogen-bond donors (Lipinski definition) is 2. The third-order valence-corrected chi connectivity index (χ3v) is 24.5. The van der Waals surface area contributed by atoms with Crippen LogP contribution in [0.5, 0.6) is 0 Å². The van der Waals surface area contributed by atoms with Crippen molar-refractivity contribution in [1.29, 1.82) is 0 Å². The summed E-state index contributed by atoms with van der Waals surface area (Å²) in [5.41, 5.74) is -1.56. The molecule has 6 heterocycles. The van der Waals surface area contributed by atoms with E-state index in [9.17, 15) is 9.59 Å². The third-order valence-electron chi connectivity index (χ3n) is 24.5. The molecule has 0 unspecified atom stereocenters. The third kappa shape index (κ3) is 31.8. The number of aromatic nitrogens is 6. The first-order chi connectivity index (χ1) is 53.3. The van der Waals surface area contributed by atoms with Gasteiger partial charge in [-0.3, -0.25) is 19.4 Å². The van der Waals surface area contributed by atoms with Crippen molar-refractivity contribution in [2.75, 3.05) is 73.0 Å². The molecule has 2 aromatic heterocycles. The van der Waals surface area contributed by atoms with Crippen LogP contribution in [0.15, 0.2) is 9.98 Å². The van der Waals surface area contributed by atoms with E-state index in [1.54, 1.807) is 12.2 Å². The fourth-order valence-corrected chi connectivity index (χ4v) is 20.4. The second kappa shape index (κ2) is 47.9. The second-order valence-corrected chi connectivity index (χ2v) is 39.3. The smallest absolute Gasteiger partial charge is 0.267 e. The molecule has 2 aromatic rings. The van der Waals surface area contributed by atoms with Gasteiger partial charge in [-0.15, -0.1) is 9.98 Å². The fraction of sp³-hybridized carbons (Fsp3) is 0.911. The normalized spacial score (nSPS) is 20.0. The van der Waals surface area contributed by atoms with Crippen molar-refractivity contribution < 1.29 is 28.9 Å². The van der Waals surface area contributed by atoms with Gasteiger partial charge in [0.2, 0.25) is 36.0 Å². The Labute approximate surface area is 682 Å². The summed E-state index contributed by atoms with van der Waals surface area (Å²) < 4.78 is 0. The van der Waals surface area contributed by atoms with Crippen LogP contribution in [0, 0.1) is 11.8 Å². The maximum atomic E-state index is 12.1. The molecule has 0 aliphatic carbocycles. The molecule has 6 rings (SSSR count). The number of aliphatic imine (C=N–C) groups is 2. The number of piperidine rings is 4. The van der Waals surface area contributed by atoms with Gasteiger partial charge in [0, 0.05) is 82.6 Å². The first-order valence-corrected chi connectivity index (χ1v) is 45.7. The van der Waals surface area contributed by atoms with Gasteiger partial charge in [-0.2, -0.15) is 50.2 Å². The van der Waals surface area contributed by atoms with E-state index in [1.165, 1.54) is 128 Å². The van der Waals surface area contributed by atoms with Crippen molar-refractivity contribution in [2.24, 2.45) is 21.8 Å². The lowest BCUT2D eigenvalue weighted by atomic mass is 9.73. The number of hydroxylamine groups is 8. The molecule has 0 amide bonds. The Morgan fingerprint density at radius 3 is 0.848 bits per heavy atom. The molecule has 0 saturated carbocycles. The van der Waals surface area contributed by atoms with Gasteiger partial charge >= 0.3 is 0 Å². The van der Waals surface area contributed by atoms with Gasteiger partial charge in [0.1, 0.15) is 0 Å². The van der Waals surface area contributed by atoms with Crippen molar-refractivity contribution >= 4 is 47.8 Å². The second-order valence-electron chi connectivity index (χ2n) is 39.3. The average molecular weight is 1570 g/mol. The number of unbranched alkanes of at least 4 members (excludes halogenated alkanes) is 25. The number of nitrogens with one attached hydrogen (secondary N) is 2. The predicted molar refractivity (Wildman–Crippen MR) is 462 cm³/mol. The van der Waals surface area contributed by atoms with E-state index in [4.69, 9.17) is 49.3 Å². The average Bonchev–Trinajstić information content (AvgIpc) is 0.763. The van der Waals surface area contributed by atoms with E-state index in [2.05, 4.69) is 189 Å². The molecule has 0 radical (unpaired) electrons. The standard InChI is InChI=1S/C90H166N16O6/c1-21-25-29-33-39-49-59-109-103-83(5,6)63-73(64-84(103,7)8)53-43-45-55-91-77-95-79(93-71-107)99-81(97-77)101(75-67-87(13,14)105(88(15,16)68-75)111-61-51-41-35-31-27-23-3)57-47-37-38-48-58-102(76-69-89(17,18)106(90(19,20)70-76)112-62-52-42-36-32-28-24-4)82-98-78(96-80(100-82)94-72-108)92-56-46-44-54-74-65-85(9,10)104(86(11,12)66-74)110-60-50-40-34-30-26-22-2/h73-76H,21-70H2,1-20H3,(H,91,95,97,99)(H,92,96,98,100). The Balaban J connectivity index is 1.18. The molecule has 22 heteroatoms. The maximum absolute atomic E-state index is 12.1. The van der Waals surface area contributed by atoms with E-state index in [1.807, 2.05) is 0 Å². The molecule has 4 aliphatic rings. The highest BCUT2D eigenvalue weighted by Gasteiger charge is 2.52. The minimum absolute atomic E-state index is 0.0312. The molecule has 22 nitrogen and oxygen atoms in total. The van der Waals surface area contributed by atoms with Crippen LogP contribution in [0.1, 0.15) is 408 Å². The van der Waals surface area contributed by atoms with Crippen LogP contribution in [0.4, 0.5) is 35.7 Å². The predicted octanol–water partition coefficient (Wildman–Crippen LogP) is 22.8. The summed E-state index contributed by atoms with van der Waals surface area (Å²) >= 11 is 0. The zero-order chi connectivity index (χ0) is 81.9. The van der Waals surface area contributed by atoms with Crippen molar-refractivity contribution in [1.82, 2.24) is 50.2 Å². The molecule has 0 aromatic carbocycles. The lowest BCUT2D eigenvalue weighted by molar-refractivity contribution is -0.288. The summed E-state index contributed by atoms with van der Waals surface area (Å²) in [4.78, 5) is 93.8. The molecule has 0 spiro atoms. The van der Waals surface area contributed by atoms with Crippen LogP contribution in [-0.2, 0) is 28.9 Å². The Morgan fingerprint density at radius 2 is 0.580 bits per heavy atom. The number of hydrogen-bond acceptors (Lipinski definition) is 22. The van der Waals surface area contributed by atoms with Gasteiger partial charge in [0.25, 0.3) is 11.9 Å². The van der Waals surface area contributed by atoms with Crippen LogP contribution < -0.4 is 20.4 Å². The summed E-state index contributed by atoms with van der Waals surface area (Å²) in [5.74, 6) is 3.15. The molecule has 4 fully saturated rings. The van der Waals surface area contributed by atoms with Crippen LogP contribution in [0.2, 0.25) is 0 Å². The fourth-order valence-electron chi connectivity index (χ4n) is 20.4. The highest BCUT2D eigenvalue weighted by atomic mass is 16.7. The van der Waals surface area contributed by atoms with E-state index in [-0.39, 0.29) is 68.3 Å². The largest absolute Gasteiger partial charge is 0.354 e. The van der Waals surface area contributed by atoms with Crippen molar-refractivity contribution in [3.63, 3.8) is 0 Å². The highest BCUT2D eigenvalue weighted by Crippen LogP contribution is 2.47. The van der Waals surface area contributed by atoms with Crippen molar-refractivity contribution in [2.45, 2.75) is 465 Å². The highest BCUT2D eigenvalue weighted by molar-refractivity contribution is 5.49. The minimum Gasteiger partial charge on any atom is -0.354 e. The molecular formula is C90H166N16O6. The molecular weight excluding hydrogens is 1400 g/mol. The number of nitrogens with zero attached hydrogens (tertiary/aromatic N) is 14. The SMILES string of the molecule is CCCCCCCCON1C(C)(C)CC(CCCCNc2nc(N=C=O)nc(N(CCCCCCN(c3nc(N=C=O)nc(NCCCCC4CC(C)(C)N(OCCCCCCCC)C(C)(C)C4)n3)C3CC(C)(C)N(OCCCCCCCC)C(C)(C)C3)C3CC(C)(C)N(OCCCCCCCC)C(C)(C)C3)n2)CC1(C)C. The summed E-state index contributed by atoms with van der Waals surface area (Å²) in [6.45, 7) is 52.0. The molecule has 0 bridgehead atoms. The minimum atomic E-state index is -0.327. The van der Waals surface area contributed by atoms with Gasteiger partial charge in [0.15, 0.2) is 0 Å². The van der Waals surface area contributed by atoms with Crippen LogP contribution in [0.25, 0.3) is 0 Å². The monoisotopic (exact) mass is 1570 g/mol. The van der Waals surface area contributed by atoms with E-state index >= 15 is 0 Å². The van der Waals surface area contributed by atoms with Gasteiger partial charge in [-0.05, 0) is 225 Å². The number of carbonyl (C=O) groups excluding carboxylic acids is 2. The van der Waals surface area contributed by atoms with Gasteiger partial charge in [-0.1, -0.05) is 195 Å². The zero-order valence-corrected chi connectivity index (χ0v) is 75.4. The molecule has 4 saturated heterocycles. The van der Waals surface area contributed by atoms with Crippen LogP contribution in [-0.4, -0.2) is 171 Å². The Hall–Kier alpha value is -4.34. The van der Waals surface area contributed by atoms with Gasteiger partial charge in [0.05, 0.1) is 26.4 Å². The van der Waals surface area contributed by atoms with Gasteiger partial charge < -0.3 is 20.4 Å². The quantitative estimate of drug-likeness (QED) is 0.0357. The van der Waals surface area contributed by atoms with Crippen molar-refractivity contribution in [3.8, 4) is 0 Å². The summed E-state index contributed by atoms with van der Waals surface area (Å²) in [6.07, 6.45) is 50.5. The Morgan fingerprint density at radius 1 is 0.330 bits per heavy atom. The Bertz CT molecular complexity index is 2790. The molecule has 112 heavy (non-hydrogen) atoms. The van der Waals surface area contributed by atoms with Crippen LogP contribution >= 0.6 is 0 Å². The number of isocyanates is 2. The lowest BCUT2D eigenvalue weighted by Gasteiger charge is -2.55. The molecule has 0 atom stereocenters. The summed E-state index contributed by atoms with van der Waals surface area (Å²) in [6, 6.07) is 0.0625. The molecule has 2 N–H and O–H groups in total. The number of rotatable bonds is 57. The van der Waals surface area contributed by atoms with Gasteiger partial charge in [-0.25, -0.2) is 9.59 Å². The first-order valence-electron chi connectivity index (χ1n) is 45.7. The van der Waals surface area contributed by atoms with Crippen LogP contribution in [0.3, 0.4) is 0 Å². The zero-order valence-electron chi connectivity index (χ0n) is 75.4. The molecule has 642 valence electrons. The van der Waals surface area contributed by atoms with E-state index in [0.29, 0.717) is 75.0 Å².